The summed E-state index contributed by atoms with van der Waals surface area (Å²) >= 11 is 6.13. The molecular formula is C14H16ClN2O3P. The molecule has 1 atom stereocenters. The highest BCUT2D eigenvalue weighted by molar-refractivity contribution is 7.54. The topological polar surface area (TPSA) is 83.1 Å². The number of benzene rings is 1. The molecular weight excluding hydrogens is 311 g/mol. The molecule has 0 fully saturated rings. The smallest absolute Gasteiger partial charge is 0.308 e. The molecule has 1 unspecified atom stereocenters. The molecule has 0 aliphatic rings. The summed E-state index contributed by atoms with van der Waals surface area (Å²) in [6.45, 7) is 3.62. The van der Waals surface area contributed by atoms with E-state index in [1.165, 1.54) is 0 Å². The van der Waals surface area contributed by atoms with Crippen LogP contribution in [0.2, 0.25) is 5.02 Å². The lowest BCUT2D eigenvalue weighted by molar-refractivity contribution is 0.209. The standard InChI is InChI=1S/C14H16ClN2O3P/c1-3-19-21(18,20-4-2)14(11(9-16)10-17)12-7-5-6-8-13(12)15/h5-8,11,14H,3-4H2,1-2H3. The molecule has 0 radical (unpaired) electrons. The first kappa shape index (κ1) is 17.7. The van der Waals surface area contributed by atoms with E-state index in [4.69, 9.17) is 20.6 Å². The number of nitrogens with zero attached hydrogens (tertiary/aromatic N) is 2. The van der Waals surface area contributed by atoms with Gasteiger partial charge in [-0.25, -0.2) is 0 Å². The first-order valence-electron chi connectivity index (χ1n) is 6.46. The monoisotopic (exact) mass is 326 g/mol. The van der Waals surface area contributed by atoms with Gasteiger partial charge >= 0.3 is 7.60 Å². The second-order valence-corrected chi connectivity index (χ2v) is 6.64. The van der Waals surface area contributed by atoms with E-state index in [0.29, 0.717) is 10.6 Å². The van der Waals surface area contributed by atoms with Crippen LogP contribution in [0.25, 0.3) is 0 Å². The summed E-state index contributed by atoms with van der Waals surface area (Å²) in [6, 6.07) is 10.3. The Hall–Kier alpha value is -1.36. The summed E-state index contributed by atoms with van der Waals surface area (Å²) in [5, 5.41) is 18.7. The second-order valence-electron chi connectivity index (χ2n) is 4.08. The van der Waals surface area contributed by atoms with Gasteiger partial charge in [-0.2, -0.15) is 10.5 Å². The zero-order chi connectivity index (χ0) is 15.9. The van der Waals surface area contributed by atoms with Gasteiger partial charge in [-0.3, -0.25) is 4.57 Å². The predicted octanol–water partition coefficient (Wildman–Crippen LogP) is 4.31. The van der Waals surface area contributed by atoms with Crippen molar-refractivity contribution in [2.75, 3.05) is 13.2 Å². The second kappa shape index (κ2) is 8.17. The summed E-state index contributed by atoms with van der Waals surface area (Å²) in [4.78, 5) is 0. The van der Waals surface area contributed by atoms with E-state index in [1.807, 2.05) is 12.1 Å². The Morgan fingerprint density at radius 2 is 1.71 bits per heavy atom. The fourth-order valence-electron chi connectivity index (χ4n) is 1.98. The third kappa shape index (κ3) is 4.06. The van der Waals surface area contributed by atoms with Gasteiger partial charge in [-0.1, -0.05) is 29.8 Å². The van der Waals surface area contributed by atoms with Gasteiger partial charge in [0.15, 0.2) is 5.92 Å². The number of nitriles is 2. The van der Waals surface area contributed by atoms with E-state index >= 15 is 0 Å². The van der Waals surface area contributed by atoms with Crippen LogP contribution < -0.4 is 0 Å². The van der Waals surface area contributed by atoms with Crippen LogP contribution in [0.3, 0.4) is 0 Å². The molecule has 21 heavy (non-hydrogen) atoms. The molecule has 0 bridgehead atoms. The number of hydrogen-bond acceptors (Lipinski definition) is 5. The largest absolute Gasteiger partial charge is 0.340 e. The van der Waals surface area contributed by atoms with Gasteiger partial charge in [0.2, 0.25) is 0 Å². The van der Waals surface area contributed by atoms with E-state index in [9.17, 15) is 15.1 Å². The van der Waals surface area contributed by atoms with Crippen LogP contribution in [-0.4, -0.2) is 13.2 Å². The lowest BCUT2D eigenvalue weighted by Crippen LogP contribution is -2.15. The average molecular weight is 327 g/mol. The zero-order valence-electron chi connectivity index (χ0n) is 11.8. The Morgan fingerprint density at radius 3 is 2.14 bits per heavy atom. The van der Waals surface area contributed by atoms with Crippen molar-refractivity contribution < 1.29 is 13.6 Å². The van der Waals surface area contributed by atoms with Crippen molar-refractivity contribution in [2.24, 2.45) is 5.92 Å². The lowest BCUT2D eigenvalue weighted by atomic mass is 10.0. The highest BCUT2D eigenvalue weighted by Crippen LogP contribution is 2.64. The van der Waals surface area contributed by atoms with Crippen LogP contribution in [-0.2, 0) is 13.6 Å². The normalized spacial score (nSPS) is 12.7. The van der Waals surface area contributed by atoms with E-state index < -0.39 is 19.2 Å². The highest BCUT2D eigenvalue weighted by Gasteiger charge is 2.43. The SMILES string of the molecule is CCOP(=O)(OCC)C(c1ccccc1Cl)C(C#N)C#N. The lowest BCUT2D eigenvalue weighted by Gasteiger charge is -2.27. The number of hydrogen-bond donors (Lipinski definition) is 0. The molecule has 0 amide bonds. The minimum Gasteiger partial charge on any atom is -0.308 e. The molecule has 0 heterocycles. The molecule has 0 aromatic heterocycles. The van der Waals surface area contributed by atoms with Crippen LogP contribution in [0.1, 0.15) is 25.1 Å². The third-order valence-electron chi connectivity index (χ3n) is 2.78. The molecule has 0 saturated heterocycles. The van der Waals surface area contributed by atoms with Gasteiger partial charge in [-0.05, 0) is 25.5 Å². The fraction of sp³-hybridized carbons (Fsp3) is 0.429. The molecule has 0 N–H and O–H groups in total. The first-order valence-corrected chi connectivity index (χ1v) is 8.45. The molecule has 0 saturated carbocycles. The molecule has 0 aliphatic carbocycles. The average Bonchev–Trinajstić information content (AvgIpc) is 2.46. The van der Waals surface area contributed by atoms with Crippen molar-refractivity contribution in [2.45, 2.75) is 19.5 Å². The Kier molecular flexibility index (Phi) is 6.89. The van der Waals surface area contributed by atoms with Gasteiger partial charge in [0.25, 0.3) is 0 Å². The van der Waals surface area contributed by atoms with Crippen molar-refractivity contribution in [3.8, 4) is 12.1 Å². The first-order chi connectivity index (χ1) is 10.0. The molecule has 0 spiro atoms. The van der Waals surface area contributed by atoms with Crippen LogP contribution in [0.4, 0.5) is 0 Å². The molecule has 7 heteroatoms. The van der Waals surface area contributed by atoms with E-state index in [2.05, 4.69) is 0 Å². The number of halogens is 1. The predicted molar refractivity (Wildman–Crippen MR) is 79.8 cm³/mol. The molecule has 0 aliphatic heterocycles. The summed E-state index contributed by atoms with van der Waals surface area (Å²) in [7, 11) is -3.70. The highest BCUT2D eigenvalue weighted by atomic mass is 35.5. The fourth-order valence-corrected chi connectivity index (χ4v) is 4.48. The minimum atomic E-state index is -3.70. The van der Waals surface area contributed by atoms with Crippen molar-refractivity contribution in [3.63, 3.8) is 0 Å². The van der Waals surface area contributed by atoms with Gasteiger partial charge in [0.1, 0.15) is 5.66 Å². The van der Waals surface area contributed by atoms with Crippen molar-refractivity contribution >= 4 is 19.2 Å². The van der Waals surface area contributed by atoms with Crippen molar-refractivity contribution in [3.05, 3.63) is 34.9 Å². The summed E-state index contributed by atoms with van der Waals surface area (Å²) < 4.78 is 23.6. The van der Waals surface area contributed by atoms with Crippen LogP contribution >= 0.6 is 19.2 Å². The minimum absolute atomic E-state index is 0.141. The summed E-state index contributed by atoms with van der Waals surface area (Å²) in [6.07, 6.45) is 0. The molecule has 1 aromatic rings. The zero-order valence-corrected chi connectivity index (χ0v) is 13.5. The molecule has 112 valence electrons. The maximum absolute atomic E-state index is 13.0. The maximum Gasteiger partial charge on any atom is 0.340 e. The molecule has 5 nitrogen and oxygen atoms in total. The van der Waals surface area contributed by atoms with Crippen LogP contribution in [0.5, 0.6) is 0 Å². The molecule has 1 rings (SSSR count). The quantitative estimate of drug-likeness (QED) is 0.697. The van der Waals surface area contributed by atoms with E-state index in [1.54, 1.807) is 38.1 Å². The van der Waals surface area contributed by atoms with Gasteiger partial charge in [0.05, 0.1) is 25.4 Å². The maximum atomic E-state index is 13.0. The van der Waals surface area contributed by atoms with Gasteiger partial charge < -0.3 is 9.05 Å². The van der Waals surface area contributed by atoms with Crippen molar-refractivity contribution in [1.29, 1.82) is 10.5 Å². The van der Waals surface area contributed by atoms with Crippen molar-refractivity contribution in [1.82, 2.24) is 0 Å². The Labute approximate surface area is 129 Å². The van der Waals surface area contributed by atoms with E-state index in [0.717, 1.165) is 0 Å². The van der Waals surface area contributed by atoms with Gasteiger partial charge in [0, 0.05) is 5.02 Å². The third-order valence-corrected chi connectivity index (χ3v) is 5.61. The Bertz CT molecular complexity index is 585. The summed E-state index contributed by atoms with van der Waals surface area (Å²) in [5.74, 6) is -1.19. The Morgan fingerprint density at radius 1 is 1.19 bits per heavy atom. The van der Waals surface area contributed by atoms with Crippen LogP contribution in [0, 0.1) is 28.6 Å². The van der Waals surface area contributed by atoms with Gasteiger partial charge in [-0.15, -0.1) is 0 Å². The van der Waals surface area contributed by atoms with E-state index in [-0.39, 0.29) is 13.2 Å². The summed E-state index contributed by atoms with van der Waals surface area (Å²) in [5.41, 5.74) is -0.626. The molecule has 1 aromatic carbocycles. The number of rotatable bonds is 7. The van der Waals surface area contributed by atoms with Crippen LogP contribution in [0.15, 0.2) is 24.3 Å². The Balaban J connectivity index is 3.46.